The number of phenols is 1. The molecule has 14 heavy (non-hydrogen) atoms. The van der Waals surface area contributed by atoms with E-state index >= 15 is 0 Å². The first-order chi connectivity index (χ1) is 6.56. The van der Waals surface area contributed by atoms with Crippen molar-refractivity contribution in [3.05, 3.63) is 23.8 Å². The van der Waals surface area contributed by atoms with Crippen molar-refractivity contribution >= 4 is 5.97 Å². The van der Waals surface area contributed by atoms with Crippen LogP contribution in [-0.4, -0.2) is 23.3 Å². The first-order valence-electron chi connectivity index (χ1n) is 3.82. The van der Waals surface area contributed by atoms with Gasteiger partial charge in [-0.25, -0.2) is 0 Å². The number of aliphatic hydroxyl groups excluding tert-OH is 1. The van der Waals surface area contributed by atoms with Crippen LogP contribution in [-0.2, 0) is 4.79 Å². The zero-order valence-electron chi connectivity index (χ0n) is 7.43. The fourth-order valence-electron chi connectivity index (χ4n) is 1.01. The van der Waals surface area contributed by atoms with Crippen molar-refractivity contribution in [2.45, 2.75) is 6.10 Å². The minimum absolute atomic E-state index is 0.0447. The summed E-state index contributed by atoms with van der Waals surface area (Å²) in [6.07, 6.45) is -1.74. The minimum atomic E-state index is -1.74. The van der Waals surface area contributed by atoms with Crippen molar-refractivity contribution in [2.24, 2.45) is 0 Å². The molecule has 5 nitrogen and oxygen atoms in total. The lowest BCUT2D eigenvalue weighted by molar-refractivity contribution is -0.315. The molecule has 1 aromatic carbocycles. The maximum Gasteiger partial charge on any atom is 0.160 e. The number of aromatic hydroxyl groups is 1. The van der Waals surface area contributed by atoms with Crippen LogP contribution >= 0.6 is 0 Å². The molecule has 0 aromatic heterocycles. The van der Waals surface area contributed by atoms with Gasteiger partial charge in [-0.05, 0) is 17.7 Å². The number of carboxylic acid groups (broad SMARTS) is 1. The predicted octanol–water partition coefficient (Wildman–Crippen LogP) is -0.816. The molecule has 76 valence electrons. The molecule has 0 heterocycles. The van der Waals surface area contributed by atoms with Gasteiger partial charge < -0.3 is 24.9 Å². The summed E-state index contributed by atoms with van der Waals surface area (Å²) in [5, 5.41) is 28.6. The van der Waals surface area contributed by atoms with E-state index in [-0.39, 0.29) is 17.1 Å². The lowest BCUT2D eigenvalue weighted by Crippen LogP contribution is -2.29. The van der Waals surface area contributed by atoms with Gasteiger partial charge in [-0.15, -0.1) is 0 Å². The minimum Gasteiger partial charge on any atom is -0.547 e. The number of ether oxygens (including phenoxy) is 1. The Balaban J connectivity index is 3.02. The molecule has 0 saturated carbocycles. The molecule has 1 aromatic rings. The third kappa shape index (κ3) is 1.94. The van der Waals surface area contributed by atoms with Crippen LogP contribution in [0, 0.1) is 0 Å². The third-order valence-electron chi connectivity index (χ3n) is 1.74. The number of benzene rings is 1. The summed E-state index contributed by atoms with van der Waals surface area (Å²) in [4.78, 5) is 10.3. The molecule has 0 radical (unpaired) electrons. The molecule has 5 heteroatoms. The van der Waals surface area contributed by atoms with E-state index < -0.39 is 12.1 Å². The average Bonchev–Trinajstić information content (AvgIpc) is 2.16. The molecular weight excluding hydrogens is 188 g/mol. The summed E-state index contributed by atoms with van der Waals surface area (Å²) in [6, 6.07) is 3.80. The van der Waals surface area contributed by atoms with E-state index in [0.29, 0.717) is 0 Å². The molecule has 1 atom stereocenters. The summed E-state index contributed by atoms with van der Waals surface area (Å²) >= 11 is 0. The van der Waals surface area contributed by atoms with Gasteiger partial charge in [0.25, 0.3) is 0 Å². The molecule has 1 rings (SSSR count). The second-order valence-electron chi connectivity index (χ2n) is 2.65. The second-order valence-corrected chi connectivity index (χ2v) is 2.65. The maximum absolute atomic E-state index is 10.3. The van der Waals surface area contributed by atoms with Crippen LogP contribution in [0.15, 0.2) is 18.2 Å². The summed E-state index contributed by atoms with van der Waals surface area (Å²) in [5.74, 6) is -1.64. The molecule has 0 bridgehead atoms. The van der Waals surface area contributed by atoms with Gasteiger partial charge in [0.05, 0.1) is 13.1 Å². The fourth-order valence-corrected chi connectivity index (χ4v) is 1.01. The highest BCUT2D eigenvalue weighted by atomic mass is 16.5. The Hall–Kier alpha value is -1.75. The summed E-state index contributed by atoms with van der Waals surface area (Å²) in [5.41, 5.74) is 0.0447. The molecule has 0 spiro atoms. The lowest BCUT2D eigenvalue weighted by Gasteiger charge is -2.12. The van der Waals surface area contributed by atoms with E-state index in [1.165, 1.54) is 19.2 Å². The normalized spacial score (nSPS) is 12.1. The smallest absolute Gasteiger partial charge is 0.160 e. The van der Waals surface area contributed by atoms with Crippen molar-refractivity contribution < 1.29 is 24.9 Å². The molecule has 0 saturated heterocycles. The fraction of sp³-hybridized carbons (Fsp3) is 0.222. The number of phenolic OH excluding ortho intramolecular Hbond substituents is 1. The van der Waals surface area contributed by atoms with Gasteiger partial charge >= 0.3 is 0 Å². The molecule has 0 amide bonds. The predicted molar refractivity (Wildman–Crippen MR) is 44.6 cm³/mol. The van der Waals surface area contributed by atoms with Crippen LogP contribution in [0.1, 0.15) is 11.7 Å². The van der Waals surface area contributed by atoms with Gasteiger partial charge in [-0.3, -0.25) is 0 Å². The quantitative estimate of drug-likeness (QED) is 0.661. The monoisotopic (exact) mass is 197 g/mol. The SMILES string of the molecule is COc1ccc([C@@H](O)C(=O)[O-])cc1O. The number of hydrogen-bond acceptors (Lipinski definition) is 5. The number of hydrogen-bond donors (Lipinski definition) is 2. The van der Waals surface area contributed by atoms with Crippen LogP contribution in [0.25, 0.3) is 0 Å². The van der Waals surface area contributed by atoms with Crippen molar-refractivity contribution in [1.82, 2.24) is 0 Å². The van der Waals surface area contributed by atoms with Crippen LogP contribution in [0.2, 0.25) is 0 Å². The van der Waals surface area contributed by atoms with E-state index in [0.717, 1.165) is 6.07 Å². The van der Waals surface area contributed by atoms with Crippen molar-refractivity contribution in [2.75, 3.05) is 7.11 Å². The van der Waals surface area contributed by atoms with E-state index in [9.17, 15) is 15.0 Å². The lowest BCUT2D eigenvalue weighted by atomic mass is 10.1. The van der Waals surface area contributed by atoms with Gasteiger partial charge in [0, 0.05) is 0 Å². The number of methoxy groups -OCH3 is 1. The highest BCUT2D eigenvalue weighted by Crippen LogP contribution is 2.28. The average molecular weight is 197 g/mol. The van der Waals surface area contributed by atoms with Crippen molar-refractivity contribution in [3.8, 4) is 11.5 Å². The van der Waals surface area contributed by atoms with E-state index in [2.05, 4.69) is 0 Å². The van der Waals surface area contributed by atoms with Crippen LogP contribution in [0.4, 0.5) is 0 Å². The number of aliphatic hydroxyl groups is 1. The summed E-state index contributed by atoms with van der Waals surface area (Å²) in [6.45, 7) is 0. The number of carbonyl (C=O) groups excluding carboxylic acids is 1. The van der Waals surface area contributed by atoms with E-state index in [1.54, 1.807) is 0 Å². The van der Waals surface area contributed by atoms with E-state index in [1.807, 2.05) is 0 Å². The van der Waals surface area contributed by atoms with Crippen LogP contribution in [0.5, 0.6) is 11.5 Å². The Bertz CT molecular complexity index is 347. The Morgan fingerprint density at radius 3 is 2.64 bits per heavy atom. The molecule has 0 aliphatic rings. The van der Waals surface area contributed by atoms with Crippen LogP contribution in [0.3, 0.4) is 0 Å². The standard InChI is InChI=1S/C9H10O5/c1-14-7-3-2-5(4-6(7)10)8(11)9(12)13/h2-4,8,10-11H,1H3,(H,12,13)/p-1/t8-/m1/s1. The zero-order chi connectivity index (χ0) is 10.7. The molecule has 0 aliphatic carbocycles. The molecule has 0 unspecified atom stereocenters. The largest absolute Gasteiger partial charge is 0.547 e. The maximum atomic E-state index is 10.3. The number of carbonyl (C=O) groups is 1. The first-order valence-corrected chi connectivity index (χ1v) is 3.82. The molecule has 0 fully saturated rings. The second kappa shape index (κ2) is 3.97. The Morgan fingerprint density at radius 2 is 2.21 bits per heavy atom. The Morgan fingerprint density at radius 1 is 1.57 bits per heavy atom. The molecular formula is C9H9O5-. The Labute approximate surface area is 80.2 Å². The van der Waals surface area contributed by atoms with Crippen molar-refractivity contribution in [1.29, 1.82) is 0 Å². The van der Waals surface area contributed by atoms with Gasteiger partial charge in [0.1, 0.15) is 6.10 Å². The van der Waals surface area contributed by atoms with Gasteiger partial charge in [-0.1, -0.05) is 6.07 Å². The van der Waals surface area contributed by atoms with Gasteiger partial charge in [0.2, 0.25) is 0 Å². The van der Waals surface area contributed by atoms with E-state index in [4.69, 9.17) is 9.84 Å². The van der Waals surface area contributed by atoms with Gasteiger partial charge in [-0.2, -0.15) is 0 Å². The highest BCUT2D eigenvalue weighted by molar-refractivity contribution is 5.72. The highest BCUT2D eigenvalue weighted by Gasteiger charge is 2.10. The Kier molecular flexibility index (Phi) is 2.93. The summed E-state index contributed by atoms with van der Waals surface area (Å²) in [7, 11) is 1.36. The van der Waals surface area contributed by atoms with Gasteiger partial charge in [0.15, 0.2) is 11.5 Å². The number of rotatable bonds is 3. The summed E-state index contributed by atoms with van der Waals surface area (Å²) < 4.78 is 4.75. The first kappa shape index (κ1) is 10.3. The van der Waals surface area contributed by atoms with Crippen LogP contribution < -0.4 is 9.84 Å². The number of carboxylic acids is 1. The zero-order valence-corrected chi connectivity index (χ0v) is 7.43. The topological polar surface area (TPSA) is 89.8 Å². The molecule has 0 aliphatic heterocycles. The number of aliphatic carboxylic acids is 1. The van der Waals surface area contributed by atoms with Crippen molar-refractivity contribution in [3.63, 3.8) is 0 Å². The molecule has 2 N–H and O–H groups in total. The third-order valence-corrected chi connectivity index (χ3v) is 1.74.